The average molecular weight is 534 g/mol. The maximum Gasteiger partial charge on any atom is 0.254 e. The minimum absolute atomic E-state index is 0.123. The Hall–Kier alpha value is -2.55. The van der Waals surface area contributed by atoms with Crippen molar-refractivity contribution >= 4 is 22.7 Å². The lowest BCUT2D eigenvalue weighted by molar-refractivity contribution is 0.0625. The number of fused-ring (bicyclic) bond motifs is 2. The summed E-state index contributed by atoms with van der Waals surface area (Å²) in [5.74, 6) is 1.63. The summed E-state index contributed by atoms with van der Waals surface area (Å²) in [5.41, 5.74) is 5.37. The molecule has 0 bridgehead atoms. The largest absolute Gasteiger partial charge is 0.341 e. The summed E-state index contributed by atoms with van der Waals surface area (Å²) in [6.45, 7) is 19.4. The second kappa shape index (κ2) is 12.7. The number of amides is 1. The van der Waals surface area contributed by atoms with Gasteiger partial charge in [-0.3, -0.25) is 19.6 Å². The molecule has 2 aliphatic heterocycles. The Bertz CT molecular complexity index is 1190. The number of hydrogen-bond donors (Lipinski definition) is 1. The first-order valence-electron chi connectivity index (χ1n) is 15.2. The zero-order valence-electron chi connectivity index (χ0n) is 24.5. The van der Waals surface area contributed by atoms with Crippen molar-refractivity contribution in [2.45, 2.75) is 59.5 Å². The first-order valence-corrected chi connectivity index (χ1v) is 15.2. The fraction of sp³-hybridized carbons (Fsp3) is 0.645. The van der Waals surface area contributed by atoms with E-state index >= 15 is 0 Å². The fourth-order valence-electron chi connectivity index (χ4n) is 6.42. The molecule has 0 radical (unpaired) electrons. The number of carbonyl (C=O) groups is 1. The number of hydrogen-bond acceptors (Lipinski definition) is 6. The van der Waals surface area contributed by atoms with Crippen molar-refractivity contribution in [3.8, 4) is 0 Å². The Balaban J connectivity index is 1.21. The van der Waals surface area contributed by atoms with Gasteiger partial charge in [0.15, 0.2) is 0 Å². The quantitative estimate of drug-likeness (QED) is 0.499. The molecular formula is C31H47N7O. The van der Waals surface area contributed by atoms with Crippen molar-refractivity contribution < 1.29 is 4.79 Å². The van der Waals surface area contributed by atoms with Crippen molar-refractivity contribution in [2.75, 3.05) is 65.4 Å². The molecule has 212 valence electrons. The van der Waals surface area contributed by atoms with Crippen molar-refractivity contribution in [3.05, 3.63) is 41.2 Å². The molecule has 1 aromatic carbocycles. The highest BCUT2D eigenvalue weighted by Crippen LogP contribution is 2.30. The summed E-state index contributed by atoms with van der Waals surface area (Å²) >= 11 is 0. The molecule has 39 heavy (non-hydrogen) atoms. The van der Waals surface area contributed by atoms with Crippen LogP contribution in [0.15, 0.2) is 34.8 Å². The maximum atomic E-state index is 13.3. The number of aliphatic imine (C=N–C) groups is 1. The van der Waals surface area contributed by atoms with Gasteiger partial charge in [0, 0.05) is 51.4 Å². The first kappa shape index (κ1) is 28.0. The molecule has 3 heterocycles. The minimum atomic E-state index is 0.123. The van der Waals surface area contributed by atoms with Gasteiger partial charge in [-0.05, 0) is 68.6 Å². The normalized spacial score (nSPS) is 22.4. The van der Waals surface area contributed by atoms with Gasteiger partial charge >= 0.3 is 0 Å². The van der Waals surface area contributed by atoms with Crippen LogP contribution in [0.4, 0.5) is 0 Å². The number of rotatable bonds is 10. The first-order chi connectivity index (χ1) is 19.0. The molecule has 2 atom stereocenters. The Kier molecular flexibility index (Phi) is 9.15. The van der Waals surface area contributed by atoms with Gasteiger partial charge in [-0.2, -0.15) is 0 Å². The number of aromatic nitrogens is 2. The Morgan fingerprint density at radius 1 is 1.10 bits per heavy atom. The summed E-state index contributed by atoms with van der Waals surface area (Å²) in [6, 6.07) is 6.28. The molecule has 1 N–H and O–H groups in total. The lowest BCUT2D eigenvalue weighted by atomic mass is 9.84. The van der Waals surface area contributed by atoms with Crippen molar-refractivity contribution in [1.82, 2.24) is 29.6 Å². The van der Waals surface area contributed by atoms with Gasteiger partial charge in [0.05, 0.1) is 29.3 Å². The Labute approximate surface area is 234 Å². The summed E-state index contributed by atoms with van der Waals surface area (Å²) in [6.07, 6.45) is 5.97. The number of benzene rings is 1. The molecule has 1 saturated heterocycles. The minimum Gasteiger partial charge on any atom is -0.341 e. The van der Waals surface area contributed by atoms with Crippen molar-refractivity contribution in [3.63, 3.8) is 0 Å². The number of nitrogens with zero attached hydrogens (tertiary/aromatic N) is 6. The molecule has 8 heteroatoms. The second-order valence-corrected chi connectivity index (χ2v) is 11.4. The molecular weight excluding hydrogens is 486 g/mol. The van der Waals surface area contributed by atoms with Crippen molar-refractivity contribution in [1.29, 1.82) is 0 Å². The lowest BCUT2D eigenvalue weighted by Gasteiger charge is -2.37. The number of imidazole rings is 1. The SMILES string of the molecule is CCN(CC)CCN1CCN(C(=O)c2ccc3nc(CN(CC)C4CCCC5=C[C@@H](C)CN=C54)[nH]c3c2)CC1. The molecule has 3 aliphatic rings. The number of aromatic amines is 1. The highest BCUT2D eigenvalue weighted by molar-refractivity contribution is 6.05. The predicted octanol–water partition coefficient (Wildman–Crippen LogP) is 4.05. The number of piperazine rings is 1. The highest BCUT2D eigenvalue weighted by Gasteiger charge is 2.31. The monoisotopic (exact) mass is 533 g/mol. The van der Waals surface area contributed by atoms with E-state index in [4.69, 9.17) is 9.98 Å². The summed E-state index contributed by atoms with van der Waals surface area (Å²) in [7, 11) is 0. The van der Waals surface area contributed by atoms with Crippen LogP contribution >= 0.6 is 0 Å². The van der Waals surface area contributed by atoms with Crippen LogP contribution in [0.5, 0.6) is 0 Å². The van der Waals surface area contributed by atoms with Gasteiger partial charge in [0.1, 0.15) is 5.82 Å². The van der Waals surface area contributed by atoms with Gasteiger partial charge in [0.25, 0.3) is 5.91 Å². The van der Waals surface area contributed by atoms with Gasteiger partial charge in [-0.25, -0.2) is 4.98 Å². The molecule has 2 fully saturated rings. The summed E-state index contributed by atoms with van der Waals surface area (Å²) < 4.78 is 0. The van der Waals surface area contributed by atoms with Crippen LogP contribution in [0.2, 0.25) is 0 Å². The zero-order valence-corrected chi connectivity index (χ0v) is 24.5. The Morgan fingerprint density at radius 2 is 1.90 bits per heavy atom. The highest BCUT2D eigenvalue weighted by atomic mass is 16.2. The maximum absolute atomic E-state index is 13.3. The fourth-order valence-corrected chi connectivity index (χ4v) is 6.42. The van der Waals surface area contributed by atoms with Crippen LogP contribution in [0.25, 0.3) is 11.0 Å². The molecule has 0 spiro atoms. The summed E-state index contributed by atoms with van der Waals surface area (Å²) in [5, 5.41) is 0. The lowest BCUT2D eigenvalue weighted by Crippen LogP contribution is -2.50. The Morgan fingerprint density at radius 3 is 2.64 bits per heavy atom. The number of nitrogens with one attached hydrogen (secondary N) is 1. The number of carbonyl (C=O) groups excluding carboxylic acids is 1. The molecule has 1 aromatic heterocycles. The van der Waals surface area contributed by atoms with Gasteiger partial charge in [-0.15, -0.1) is 0 Å². The van der Waals surface area contributed by atoms with E-state index in [0.29, 0.717) is 12.0 Å². The molecule has 8 nitrogen and oxygen atoms in total. The van der Waals surface area contributed by atoms with E-state index in [-0.39, 0.29) is 5.91 Å². The zero-order chi connectivity index (χ0) is 27.4. The molecule has 1 unspecified atom stereocenters. The summed E-state index contributed by atoms with van der Waals surface area (Å²) in [4.78, 5) is 36.2. The average Bonchev–Trinajstić information content (AvgIpc) is 3.37. The number of likely N-dealkylation sites (N-methyl/N-ethyl adjacent to an activating group) is 1. The van der Waals surface area contributed by atoms with E-state index in [1.807, 2.05) is 23.1 Å². The third-order valence-corrected chi connectivity index (χ3v) is 8.87. The number of dihydropyridines is 1. The van der Waals surface area contributed by atoms with Gasteiger partial charge < -0.3 is 14.8 Å². The third kappa shape index (κ3) is 6.44. The van der Waals surface area contributed by atoms with E-state index in [0.717, 1.165) is 107 Å². The smallest absolute Gasteiger partial charge is 0.254 e. The molecule has 1 amide bonds. The van der Waals surface area contributed by atoms with Crippen LogP contribution in [0.3, 0.4) is 0 Å². The van der Waals surface area contributed by atoms with Gasteiger partial charge in [0.2, 0.25) is 0 Å². The van der Waals surface area contributed by atoms with Crippen LogP contribution in [-0.4, -0.2) is 113 Å². The van der Waals surface area contributed by atoms with Crippen LogP contribution in [-0.2, 0) is 6.54 Å². The molecule has 1 aliphatic carbocycles. The van der Waals surface area contributed by atoms with Crippen LogP contribution in [0.1, 0.15) is 63.1 Å². The van der Waals surface area contributed by atoms with Crippen LogP contribution < -0.4 is 0 Å². The van der Waals surface area contributed by atoms with Gasteiger partial charge in [-0.1, -0.05) is 33.8 Å². The van der Waals surface area contributed by atoms with E-state index in [1.165, 1.54) is 17.7 Å². The van der Waals surface area contributed by atoms with E-state index in [2.05, 4.69) is 53.5 Å². The molecule has 1 saturated carbocycles. The predicted molar refractivity (Wildman–Crippen MR) is 159 cm³/mol. The van der Waals surface area contributed by atoms with Crippen LogP contribution in [0, 0.1) is 5.92 Å². The third-order valence-electron chi connectivity index (χ3n) is 8.87. The number of H-pyrrole nitrogens is 1. The molecule has 2 aromatic rings. The standard InChI is InChI=1S/C31H47N7O/c1-5-35(6-2)13-14-36-15-17-38(18-16-36)31(39)25-11-12-26-27(20-25)34-29(33-26)22-37(7-3)28-10-8-9-24-19-23(4)21-32-30(24)28/h11-12,19-20,23,28H,5-10,13-18,21-22H2,1-4H3,(H,33,34)/t23-,28?/m1/s1. The van der Waals surface area contributed by atoms with Crippen molar-refractivity contribution in [2.24, 2.45) is 10.9 Å². The second-order valence-electron chi connectivity index (χ2n) is 11.4. The van der Waals surface area contributed by atoms with E-state index in [1.54, 1.807) is 0 Å². The van der Waals surface area contributed by atoms with E-state index in [9.17, 15) is 4.79 Å². The topological polar surface area (TPSA) is 71.1 Å². The molecule has 5 rings (SSSR count). The van der Waals surface area contributed by atoms with E-state index < -0.39 is 0 Å².